The van der Waals surface area contributed by atoms with E-state index in [1.807, 2.05) is 34.6 Å². The topological polar surface area (TPSA) is 49.8 Å². The van der Waals surface area contributed by atoms with E-state index in [0.29, 0.717) is 13.2 Å². The van der Waals surface area contributed by atoms with E-state index in [-0.39, 0.29) is 17.9 Å². The molecule has 4 heteroatoms. The van der Waals surface area contributed by atoms with Gasteiger partial charge in [-0.25, -0.2) is 0 Å². The molecule has 90 valence electrons. The van der Waals surface area contributed by atoms with Gasteiger partial charge in [0, 0.05) is 12.0 Å². The fourth-order valence-corrected chi connectivity index (χ4v) is 1.29. The minimum atomic E-state index is -0.819. The Balaban J connectivity index is 0.000000921. The van der Waals surface area contributed by atoms with E-state index >= 15 is 0 Å². The smallest absolute Gasteiger partial charge is 0.228 e. The van der Waals surface area contributed by atoms with Crippen molar-refractivity contribution in [1.29, 1.82) is 0 Å². The normalized spacial score (nSPS) is 21.7. The molecule has 1 rings (SSSR count). The Labute approximate surface area is 92.2 Å². The predicted octanol–water partition coefficient (Wildman–Crippen LogP) is 1.24. The molecule has 15 heavy (non-hydrogen) atoms. The van der Waals surface area contributed by atoms with E-state index in [0.717, 1.165) is 0 Å². The third-order valence-corrected chi connectivity index (χ3v) is 1.98. The first kappa shape index (κ1) is 14.4. The number of hydrogen-bond donors (Lipinski definition) is 1. The number of nitrogens with zero attached hydrogens (tertiary/aromatic N) is 1. The maximum absolute atomic E-state index is 11.7. The summed E-state index contributed by atoms with van der Waals surface area (Å²) in [6.45, 7) is 10.9. The Morgan fingerprint density at radius 2 is 1.93 bits per heavy atom. The lowest BCUT2D eigenvalue weighted by atomic mass is 9.94. The van der Waals surface area contributed by atoms with Crippen LogP contribution in [0.3, 0.4) is 0 Å². The van der Waals surface area contributed by atoms with Crippen molar-refractivity contribution in [3.05, 3.63) is 0 Å². The molecule has 1 amide bonds. The number of amides is 1. The van der Waals surface area contributed by atoms with Crippen LogP contribution in [0.25, 0.3) is 0 Å². The molecule has 0 radical (unpaired) electrons. The summed E-state index contributed by atoms with van der Waals surface area (Å²) in [5, 5.41) is 9.18. The maximum Gasteiger partial charge on any atom is 0.228 e. The minimum Gasteiger partial charge on any atom is -0.366 e. The summed E-state index contributed by atoms with van der Waals surface area (Å²) in [5.74, 6) is 0.0647. The first-order valence-electron chi connectivity index (χ1n) is 5.50. The van der Waals surface area contributed by atoms with Gasteiger partial charge in [-0.2, -0.15) is 0 Å². The van der Waals surface area contributed by atoms with Crippen molar-refractivity contribution in [3.8, 4) is 0 Å². The molecule has 1 fully saturated rings. The summed E-state index contributed by atoms with van der Waals surface area (Å²) < 4.78 is 4.93. The van der Waals surface area contributed by atoms with Gasteiger partial charge in [-0.15, -0.1) is 0 Å². The molecule has 1 aliphatic heterocycles. The van der Waals surface area contributed by atoms with Gasteiger partial charge in [0.2, 0.25) is 5.91 Å². The number of hydrogen-bond acceptors (Lipinski definition) is 3. The minimum absolute atomic E-state index is 0.0647. The zero-order valence-electron chi connectivity index (χ0n) is 10.4. The van der Waals surface area contributed by atoms with Gasteiger partial charge in [0.15, 0.2) is 6.29 Å². The monoisotopic (exact) mass is 217 g/mol. The van der Waals surface area contributed by atoms with Gasteiger partial charge in [-0.05, 0) is 0 Å². The lowest BCUT2D eigenvalue weighted by Gasteiger charge is -2.34. The van der Waals surface area contributed by atoms with Crippen LogP contribution in [0.5, 0.6) is 0 Å². The highest BCUT2D eigenvalue weighted by atomic mass is 16.6. The SMILES string of the molecule is CC.CC(C)(C)C(=O)N1CCOC(O)C1. The zero-order valence-corrected chi connectivity index (χ0v) is 10.4. The molecule has 1 atom stereocenters. The second-order valence-electron chi connectivity index (χ2n) is 4.33. The summed E-state index contributed by atoms with van der Waals surface area (Å²) in [6.07, 6.45) is -0.819. The van der Waals surface area contributed by atoms with Crippen LogP contribution in [0, 0.1) is 5.41 Å². The molecule has 0 aromatic heterocycles. The molecule has 0 spiro atoms. The van der Waals surface area contributed by atoms with E-state index in [2.05, 4.69) is 0 Å². The average molecular weight is 217 g/mol. The van der Waals surface area contributed by atoms with Crippen LogP contribution in [-0.4, -0.2) is 41.9 Å². The van der Waals surface area contributed by atoms with Crippen LogP contribution in [0.2, 0.25) is 0 Å². The molecule has 0 aliphatic carbocycles. The van der Waals surface area contributed by atoms with Crippen LogP contribution in [0.4, 0.5) is 0 Å². The van der Waals surface area contributed by atoms with Crippen molar-refractivity contribution in [2.45, 2.75) is 40.9 Å². The van der Waals surface area contributed by atoms with Gasteiger partial charge in [0.25, 0.3) is 0 Å². The summed E-state index contributed by atoms with van der Waals surface area (Å²) in [5.41, 5.74) is -0.378. The van der Waals surface area contributed by atoms with Crippen LogP contribution in [0.1, 0.15) is 34.6 Å². The van der Waals surface area contributed by atoms with Gasteiger partial charge >= 0.3 is 0 Å². The van der Waals surface area contributed by atoms with Crippen molar-refractivity contribution < 1.29 is 14.6 Å². The number of aliphatic hydroxyl groups is 1. The van der Waals surface area contributed by atoms with Crippen LogP contribution >= 0.6 is 0 Å². The Morgan fingerprint density at radius 1 is 1.40 bits per heavy atom. The fraction of sp³-hybridized carbons (Fsp3) is 0.909. The van der Waals surface area contributed by atoms with E-state index < -0.39 is 6.29 Å². The molecule has 1 unspecified atom stereocenters. The molecule has 0 bridgehead atoms. The molecular weight excluding hydrogens is 194 g/mol. The Hall–Kier alpha value is -0.610. The molecule has 4 nitrogen and oxygen atoms in total. The van der Waals surface area contributed by atoms with Gasteiger partial charge < -0.3 is 14.7 Å². The van der Waals surface area contributed by atoms with Gasteiger partial charge in [-0.3, -0.25) is 4.79 Å². The van der Waals surface area contributed by atoms with Crippen molar-refractivity contribution in [1.82, 2.24) is 4.90 Å². The molecular formula is C11H23NO3. The van der Waals surface area contributed by atoms with E-state index in [4.69, 9.17) is 4.74 Å². The highest BCUT2D eigenvalue weighted by Gasteiger charge is 2.30. The van der Waals surface area contributed by atoms with Crippen LogP contribution < -0.4 is 0 Å². The first-order chi connectivity index (χ1) is 6.91. The van der Waals surface area contributed by atoms with E-state index in [1.165, 1.54) is 0 Å². The predicted molar refractivity (Wildman–Crippen MR) is 59.3 cm³/mol. The lowest BCUT2D eigenvalue weighted by molar-refractivity contribution is -0.169. The van der Waals surface area contributed by atoms with Crippen molar-refractivity contribution >= 4 is 5.91 Å². The zero-order chi connectivity index (χ0) is 12.1. The summed E-state index contributed by atoms with van der Waals surface area (Å²) in [6, 6.07) is 0. The van der Waals surface area contributed by atoms with Crippen molar-refractivity contribution in [2.75, 3.05) is 19.7 Å². The number of ether oxygens (including phenoxy) is 1. The average Bonchev–Trinajstić information content (AvgIpc) is 2.18. The molecule has 1 heterocycles. The number of β-amino-alcohol motifs (C(OH)–C–C–N with tert-alkyl or cyclic N) is 1. The Morgan fingerprint density at radius 3 is 2.33 bits per heavy atom. The summed E-state index contributed by atoms with van der Waals surface area (Å²) in [4.78, 5) is 13.4. The second-order valence-corrected chi connectivity index (χ2v) is 4.33. The van der Waals surface area contributed by atoms with Crippen molar-refractivity contribution in [2.24, 2.45) is 5.41 Å². The molecule has 0 aromatic rings. The van der Waals surface area contributed by atoms with Crippen LogP contribution in [0.15, 0.2) is 0 Å². The van der Waals surface area contributed by atoms with Gasteiger partial charge in [-0.1, -0.05) is 34.6 Å². The number of carbonyl (C=O) groups excluding carboxylic acids is 1. The Bertz CT molecular complexity index is 198. The molecule has 1 N–H and O–H groups in total. The maximum atomic E-state index is 11.7. The number of carbonyl (C=O) groups is 1. The summed E-state index contributed by atoms with van der Waals surface area (Å²) >= 11 is 0. The third kappa shape index (κ3) is 4.62. The lowest BCUT2D eigenvalue weighted by Crippen LogP contribution is -2.49. The molecule has 1 saturated heterocycles. The van der Waals surface area contributed by atoms with Crippen molar-refractivity contribution in [3.63, 3.8) is 0 Å². The molecule has 0 saturated carbocycles. The second kappa shape index (κ2) is 6.08. The first-order valence-corrected chi connectivity index (χ1v) is 5.50. The largest absolute Gasteiger partial charge is 0.366 e. The quantitative estimate of drug-likeness (QED) is 0.664. The third-order valence-electron chi connectivity index (χ3n) is 1.98. The Kier molecular flexibility index (Phi) is 5.83. The van der Waals surface area contributed by atoms with Gasteiger partial charge in [0.1, 0.15) is 0 Å². The highest BCUT2D eigenvalue weighted by Crippen LogP contribution is 2.18. The van der Waals surface area contributed by atoms with E-state index in [9.17, 15) is 9.90 Å². The van der Waals surface area contributed by atoms with Crippen LogP contribution in [-0.2, 0) is 9.53 Å². The molecule has 1 aliphatic rings. The standard InChI is InChI=1S/C9H17NO3.C2H6/c1-9(2,3)8(12)10-4-5-13-7(11)6-10;1-2/h7,11H,4-6H2,1-3H3;1-2H3. The number of rotatable bonds is 0. The molecule has 0 aromatic carbocycles. The number of aliphatic hydroxyl groups excluding tert-OH is 1. The fourth-order valence-electron chi connectivity index (χ4n) is 1.29. The highest BCUT2D eigenvalue weighted by molar-refractivity contribution is 5.81. The summed E-state index contributed by atoms with van der Waals surface area (Å²) in [7, 11) is 0. The number of morpholine rings is 1. The van der Waals surface area contributed by atoms with Gasteiger partial charge in [0.05, 0.1) is 13.2 Å². The van der Waals surface area contributed by atoms with E-state index in [1.54, 1.807) is 4.90 Å².